The fraction of sp³-hybridized carbons (Fsp3) is 0.323. The number of allylic oxidation sites excluding steroid dienone is 1. The number of pyridine rings is 1. The molecule has 1 aromatic heterocycles. The molecule has 8 heteroatoms. The van der Waals surface area contributed by atoms with Crippen LogP contribution in [0.2, 0.25) is 0 Å². The molecule has 39 heavy (non-hydrogen) atoms. The number of hydrogen-bond donors (Lipinski definition) is 2. The molecule has 3 aromatic rings. The van der Waals surface area contributed by atoms with Crippen molar-refractivity contribution in [1.82, 2.24) is 10.3 Å². The van der Waals surface area contributed by atoms with Gasteiger partial charge in [0.05, 0.1) is 36.1 Å². The highest BCUT2D eigenvalue weighted by molar-refractivity contribution is 7.80. The third kappa shape index (κ3) is 4.85. The maximum absolute atomic E-state index is 12.1. The summed E-state index contributed by atoms with van der Waals surface area (Å²) < 4.78 is 5.67. The highest BCUT2D eigenvalue weighted by Gasteiger charge is 2.41. The van der Waals surface area contributed by atoms with Crippen molar-refractivity contribution in [2.45, 2.75) is 51.7 Å². The number of fused-ring (bicyclic) bond motifs is 1. The molecule has 0 bridgehead atoms. The van der Waals surface area contributed by atoms with Crippen molar-refractivity contribution >= 4 is 45.9 Å². The van der Waals surface area contributed by atoms with E-state index in [0.717, 1.165) is 16.9 Å². The van der Waals surface area contributed by atoms with Gasteiger partial charge in [0.1, 0.15) is 5.75 Å². The molecule has 7 nitrogen and oxygen atoms in total. The summed E-state index contributed by atoms with van der Waals surface area (Å²) in [5.41, 5.74) is 7.13. The molecule has 2 atom stereocenters. The number of amides is 1. The quantitative estimate of drug-likeness (QED) is 0.358. The van der Waals surface area contributed by atoms with Crippen LogP contribution in [-0.4, -0.2) is 35.7 Å². The van der Waals surface area contributed by atoms with Gasteiger partial charge in [0.2, 0.25) is 5.91 Å². The van der Waals surface area contributed by atoms with E-state index in [1.807, 2.05) is 49.5 Å². The Labute approximate surface area is 235 Å². The van der Waals surface area contributed by atoms with Gasteiger partial charge < -0.3 is 25.2 Å². The summed E-state index contributed by atoms with van der Waals surface area (Å²) in [5.74, 6) is 0.503. The van der Waals surface area contributed by atoms with Crippen LogP contribution in [0, 0.1) is 0 Å². The van der Waals surface area contributed by atoms with Crippen molar-refractivity contribution in [3.63, 3.8) is 0 Å². The minimum atomic E-state index is -0.163. The third-order valence-corrected chi connectivity index (χ3v) is 8.05. The number of likely N-dealkylation sites (N-methyl/N-ethyl adjacent to an activating group) is 1. The second-order valence-corrected chi connectivity index (χ2v) is 11.0. The van der Waals surface area contributed by atoms with Crippen LogP contribution in [0.15, 0.2) is 66.9 Å². The molecule has 1 fully saturated rings. The Morgan fingerprint density at radius 2 is 1.97 bits per heavy atom. The number of hydrogen-bond acceptors (Lipinski definition) is 5. The van der Waals surface area contributed by atoms with Gasteiger partial charge in [0, 0.05) is 42.7 Å². The van der Waals surface area contributed by atoms with Crippen LogP contribution in [0.4, 0.5) is 17.1 Å². The summed E-state index contributed by atoms with van der Waals surface area (Å²) in [4.78, 5) is 21.2. The van der Waals surface area contributed by atoms with E-state index in [9.17, 15) is 4.79 Å². The number of thiocarbonyl (C=S) groups is 1. The lowest BCUT2D eigenvalue weighted by Crippen LogP contribution is -2.42. The van der Waals surface area contributed by atoms with Gasteiger partial charge in [-0.3, -0.25) is 9.78 Å². The smallest absolute Gasteiger partial charge is 0.224 e. The SMILES string of the molecule is CCC(=O)Nc1ccc(N2C(=S)N[C@@H](c3ccccn3)[C@@H]2c2ccc3c(c2)C(C)=CC(C)(C)N3C)cc1OC. The normalized spacial score (nSPS) is 19.7. The van der Waals surface area contributed by atoms with Gasteiger partial charge in [-0.15, -0.1) is 0 Å². The zero-order valence-electron chi connectivity index (χ0n) is 23.3. The maximum Gasteiger partial charge on any atom is 0.224 e. The number of rotatable bonds is 6. The number of ether oxygens (including phenoxy) is 1. The fourth-order valence-corrected chi connectivity index (χ4v) is 5.85. The number of carbonyl (C=O) groups excluding carboxylic acids is 1. The summed E-state index contributed by atoms with van der Waals surface area (Å²) in [6.07, 6.45) is 4.51. The van der Waals surface area contributed by atoms with E-state index in [1.54, 1.807) is 7.11 Å². The van der Waals surface area contributed by atoms with Crippen LogP contribution >= 0.6 is 12.2 Å². The molecule has 0 aliphatic carbocycles. The summed E-state index contributed by atoms with van der Waals surface area (Å²) in [7, 11) is 3.74. The molecule has 5 rings (SSSR count). The summed E-state index contributed by atoms with van der Waals surface area (Å²) in [5, 5.41) is 7.05. The molecule has 0 spiro atoms. The van der Waals surface area contributed by atoms with Crippen molar-refractivity contribution in [3.05, 3.63) is 83.7 Å². The largest absolute Gasteiger partial charge is 0.494 e. The number of carbonyl (C=O) groups is 1. The summed E-state index contributed by atoms with van der Waals surface area (Å²) in [6, 6.07) is 18.1. The van der Waals surface area contributed by atoms with E-state index in [4.69, 9.17) is 17.0 Å². The topological polar surface area (TPSA) is 69.7 Å². The van der Waals surface area contributed by atoms with Crippen molar-refractivity contribution in [3.8, 4) is 5.75 Å². The van der Waals surface area contributed by atoms with Crippen molar-refractivity contribution in [2.24, 2.45) is 0 Å². The second kappa shape index (κ2) is 10.3. The van der Waals surface area contributed by atoms with E-state index in [1.165, 1.54) is 16.8 Å². The first-order valence-electron chi connectivity index (χ1n) is 13.2. The second-order valence-electron chi connectivity index (χ2n) is 10.6. The van der Waals surface area contributed by atoms with E-state index < -0.39 is 0 Å². The average Bonchev–Trinajstić information content (AvgIpc) is 3.28. The molecule has 1 saturated heterocycles. The molecule has 0 radical (unpaired) electrons. The highest BCUT2D eigenvalue weighted by Crippen LogP contribution is 2.46. The van der Waals surface area contributed by atoms with E-state index >= 15 is 0 Å². The Hall–Kier alpha value is -3.91. The van der Waals surface area contributed by atoms with Gasteiger partial charge >= 0.3 is 0 Å². The summed E-state index contributed by atoms with van der Waals surface area (Å²) >= 11 is 5.93. The van der Waals surface area contributed by atoms with E-state index in [2.05, 4.69) is 77.5 Å². The first kappa shape index (κ1) is 26.7. The number of methoxy groups -OCH3 is 1. The first-order chi connectivity index (χ1) is 18.6. The fourth-order valence-electron chi connectivity index (χ4n) is 5.50. The van der Waals surface area contributed by atoms with Crippen LogP contribution in [0.1, 0.15) is 63.0 Å². The number of anilines is 3. The predicted molar refractivity (Wildman–Crippen MR) is 162 cm³/mol. The van der Waals surface area contributed by atoms with Gasteiger partial charge in [-0.05, 0) is 80.5 Å². The molecule has 2 aromatic carbocycles. The van der Waals surface area contributed by atoms with Gasteiger partial charge in [0.25, 0.3) is 0 Å². The molecule has 202 valence electrons. The zero-order chi connectivity index (χ0) is 27.9. The van der Waals surface area contributed by atoms with E-state index in [-0.39, 0.29) is 23.5 Å². The monoisotopic (exact) mass is 541 g/mol. The van der Waals surface area contributed by atoms with Crippen LogP contribution in [0.5, 0.6) is 5.75 Å². The molecular weight excluding hydrogens is 506 g/mol. The van der Waals surface area contributed by atoms with Crippen molar-refractivity contribution in [1.29, 1.82) is 0 Å². The molecule has 2 N–H and O–H groups in total. The van der Waals surface area contributed by atoms with Crippen LogP contribution in [0.25, 0.3) is 5.57 Å². The molecule has 0 saturated carbocycles. The predicted octanol–water partition coefficient (Wildman–Crippen LogP) is 6.25. The number of benzene rings is 2. The van der Waals surface area contributed by atoms with Gasteiger partial charge in [-0.2, -0.15) is 0 Å². The van der Waals surface area contributed by atoms with Gasteiger partial charge in [0.15, 0.2) is 5.11 Å². The minimum absolute atomic E-state index is 0.0664. The molecule has 3 heterocycles. The molecule has 0 unspecified atom stereocenters. The lowest BCUT2D eigenvalue weighted by molar-refractivity contribution is -0.115. The summed E-state index contributed by atoms with van der Waals surface area (Å²) in [6.45, 7) is 8.45. The Morgan fingerprint density at radius 3 is 2.67 bits per heavy atom. The van der Waals surface area contributed by atoms with Gasteiger partial charge in [-0.25, -0.2) is 0 Å². The van der Waals surface area contributed by atoms with Crippen LogP contribution in [0.3, 0.4) is 0 Å². The molecular formula is C31H35N5O2S. The molecule has 2 aliphatic rings. The van der Waals surface area contributed by atoms with Crippen LogP contribution < -0.4 is 25.2 Å². The lowest BCUT2D eigenvalue weighted by atomic mass is 9.86. The Balaban J connectivity index is 1.63. The van der Waals surface area contributed by atoms with Crippen molar-refractivity contribution in [2.75, 3.05) is 29.3 Å². The Kier molecular flexibility index (Phi) is 7.07. The van der Waals surface area contributed by atoms with Gasteiger partial charge in [-0.1, -0.05) is 25.1 Å². The molecule has 1 amide bonds. The number of aromatic nitrogens is 1. The minimum Gasteiger partial charge on any atom is -0.494 e. The average molecular weight is 542 g/mol. The Morgan fingerprint density at radius 1 is 1.18 bits per heavy atom. The zero-order valence-corrected chi connectivity index (χ0v) is 24.1. The standard InChI is InChI=1S/C31H35N5O2S/c1-7-27(37)33-23-13-12-21(17-26(23)38-6)36-29(28(34-30(36)39)24-10-8-9-15-32-24)20-11-14-25-22(16-20)19(2)18-31(3,4)35(25)5/h8-18,28-29H,7H2,1-6H3,(H,33,37)(H,34,39)/t28-,29-/m0/s1. The number of nitrogens with zero attached hydrogens (tertiary/aromatic N) is 3. The Bertz CT molecular complexity index is 1450. The lowest BCUT2D eigenvalue weighted by Gasteiger charge is -2.41. The van der Waals surface area contributed by atoms with Crippen LogP contribution in [-0.2, 0) is 4.79 Å². The third-order valence-electron chi connectivity index (χ3n) is 7.74. The highest BCUT2D eigenvalue weighted by atomic mass is 32.1. The van der Waals surface area contributed by atoms with E-state index in [0.29, 0.717) is 23.0 Å². The maximum atomic E-state index is 12.1. The van der Waals surface area contributed by atoms with Crippen molar-refractivity contribution < 1.29 is 9.53 Å². The molecule has 2 aliphatic heterocycles. The number of nitrogens with one attached hydrogen (secondary N) is 2. The first-order valence-corrected chi connectivity index (χ1v) is 13.6.